The molecule has 1 unspecified atom stereocenters. The lowest BCUT2D eigenvalue weighted by atomic mass is 10.2. The Bertz CT molecular complexity index is 456. The second-order valence-corrected chi connectivity index (χ2v) is 7.04. The molecule has 0 bridgehead atoms. The monoisotopic (exact) mass is 289 g/mol. The zero-order valence-electron chi connectivity index (χ0n) is 10.8. The summed E-state index contributed by atoms with van der Waals surface area (Å²) in [7, 11) is -3.10. The first-order valence-electron chi connectivity index (χ1n) is 6.20. The summed E-state index contributed by atoms with van der Waals surface area (Å²) in [6.07, 6.45) is 1.85. The first-order chi connectivity index (χ1) is 8.49. The van der Waals surface area contributed by atoms with E-state index in [1.54, 1.807) is 31.2 Å². The molecule has 0 aliphatic carbocycles. The summed E-state index contributed by atoms with van der Waals surface area (Å²) < 4.78 is 23.2. The summed E-state index contributed by atoms with van der Waals surface area (Å²) in [5.74, 6) is 0.129. The molecule has 0 aliphatic heterocycles. The van der Waals surface area contributed by atoms with E-state index in [1.807, 2.05) is 0 Å². The van der Waals surface area contributed by atoms with Crippen LogP contribution in [0.15, 0.2) is 29.2 Å². The Balaban J connectivity index is 2.56. The zero-order valence-corrected chi connectivity index (χ0v) is 12.4. The molecule has 1 aromatic rings. The summed E-state index contributed by atoms with van der Waals surface area (Å²) in [5, 5.41) is 3.42. The number of alkyl halides is 1. The number of anilines is 1. The van der Waals surface area contributed by atoms with Crippen LogP contribution in [0.4, 0.5) is 5.69 Å². The lowest BCUT2D eigenvalue weighted by molar-refractivity contribution is 0.597. The van der Waals surface area contributed by atoms with E-state index in [0.29, 0.717) is 4.90 Å². The van der Waals surface area contributed by atoms with Crippen LogP contribution in [0.3, 0.4) is 0 Å². The molecule has 1 rings (SSSR count). The van der Waals surface area contributed by atoms with Gasteiger partial charge in [0.1, 0.15) is 0 Å². The standard InChI is InChI=1S/C13H20ClNO2S/c1-3-11(14)9-10-15-12-5-7-13(8-6-12)18(16,17)4-2/h5-8,11,15H,3-4,9-10H2,1-2H3. The van der Waals surface area contributed by atoms with E-state index in [1.165, 1.54) is 0 Å². The molecular formula is C13H20ClNO2S. The molecule has 1 N–H and O–H groups in total. The third kappa shape index (κ3) is 4.50. The topological polar surface area (TPSA) is 46.2 Å². The minimum atomic E-state index is -3.10. The van der Waals surface area contributed by atoms with E-state index in [4.69, 9.17) is 11.6 Å². The highest BCUT2D eigenvalue weighted by Gasteiger charge is 2.10. The van der Waals surface area contributed by atoms with Crippen molar-refractivity contribution in [1.29, 1.82) is 0 Å². The molecule has 0 heterocycles. The fourth-order valence-corrected chi connectivity index (χ4v) is 2.52. The van der Waals surface area contributed by atoms with Crippen LogP contribution in [0, 0.1) is 0 Å². The number of sulfone groups is 1. The highest BCUT2D eigenvalue weighted by atomic mass is 35.5. The van der Waals surface area contributed by atoms with Crippen molar-refractivity contribution >= 4 is 27.1 Å². The van der Waals surface area contributed by atoms with Gasteiger partial charge in [0.15, 0.2) is 9.84 Å². The molecule has 5 heteroatoms. The molecule has 18 heavy (non-hydrogen) atoms. The Morgan fingerprint density at radius 2 is 1.83 bits per heavy atom. The van der Waals surface area contributed by atoms with Gasteiger partial charge in [0.05, 0.1) is 10.6 Å². The van der Waals surface area contributed by atoms with Crippen LogP contribution in [0.25, 0.3) is 0 Å². The van der Waals surface area contributed by atoms with Gasteiger partial charge in [-0.2, -0.15) is 0 Å². The van der Waals surface area contributed by atoms with Crippen molar-refractivity contribution in [3.05, 3.63) is 24.3 Å². The Hall–Kier alpha value is -0.740. The van der Waals surface area contributed by atoms with Gasteiger partial charge >= 0.3 is 0 Å². The highest BCUT2D eigenvalue weighted by molar-refractivity contribution is 7.91. The van der Waals surface area contributed by atoms with Crippen molar-refractivity contribution in [2.45, 2.75) is 37.0 Å². The van der Waals surface area contributed by atoms with Crippen molar-refractivity contribution in [3.8, 4) is 0 Å². The van der Waals surface area contributed by atoms with Gasteiger partial charge in [-0.3, -0.25) is 0 Å². The number of hydrogen-bond donors (Lipinski definition) is 1. The average Bonchev–Trinajstić information content (AvgIpc) is 2.39. The lowest BCUT2D eigenvalue weighted by Crippen LogP contribution is -2.08. The second kappa shape index (κ2) is 7.00. The molecule has 0 radical (unpaired) electrons. The van der Waals surface area contributed by atoms with Crippen molar-refractivity contribution in [3.63, 3.8) is 0 Å². The average molecular weight is 290 g/mol. The molecule has 1 atom stereocenters. The van der Waals surface area contributed by atoms with Gasteiger partial charge in [-0.15, -0.1) is 11.6 Å². The smallest absolute Gasteiger partial charge is 0.178 e. The summed E-state index contributed by atoms with van der Waals surface area (Å²) >= 11 is 6.02. The van der Waals surface area contributed by atoms with Crippen molar-refractivity contribution in [1.82, 2.24) is 0 Å². The van der Waals surface area contributed by atoms with Crippen LogP contribution in [0.5, 0.6) is 0 Å². The van der Waals surface area contributed by atoms with Gasteiger partial charge in [-0.05, 0) is 37.1 Å². The molecule has 0 amide bonds. The van der Waals surface area contributed by atoms with Gasteiger partial charge in [0.2, 0.25) is 0 Å². The maximum atomic E-state index is 11.6. The predicted molar refractivity (Wildman–Crippen MR) is 77.2 cm³/mol. The SMILES string of the molecule is CCC(Cl)CCNc1ccc(S(=O)(=O)CC)cc1. The molecule has 0 fully saturated rings. The second-order valence-electron chi connectivity index (χ2n) is 4.15. The Kier molecular flexibility index (Phi) is 5.96. The van der Waals surface area contributed by atoms with Crippen molar-refractivity contribution < 1.29 is 8.42 Å². The first-order valence-corrected chi connectivity index (χ1v) is 8.29. The number of benzene rings is 1. The molecule has 3 nitrogen and oxygen atoms in total. The minimum absolute atomic E-state index is 0.129. The van der Waals surface area contributed by atoms with Crippen LogP contribution in [-0.4, -0.2) is 26.1 Å². The Morgan fingerprint density at radius 3 is 2.33 bits per heavy atom. The van der Waals surface area contributed by atoms with Gasteiger partial charge in [-0.25, -0.2) is 8.42 Å². The summed E-state index contributed by atoms with van der Waals surface area (Å²) in [6.45, 7) is 4.50. The number of halogens is 1. The fraction of sp³-hybridized carbons (Fsp3) is 0.538. The molecular weight excluding hydrogens is 270 g/mol. The van der Waals surface area contributed by atoms with E-state index < -0.39 is 9.84 Å². The zero-order chi connectivity index (χ0) is 13.6. The molecule has 1 aromatic carbocycles. The molecule has 0 aromatic heterocycles. The first kappa shape index (κ1) is 15.3. The minimum Gasteiger partial charge on any atom is -0.385 e. The van der Waals surface area contributed by atoms with Gasteiger partial charge in [0.25, 0.3) is 0 Å². The molecule has 0 saturated heterocycles. The van der Waals surface area contributed by atoms with Crippen LogP contribution in [-0.2, 0) is 9.84 Å². The van der Waals surface area contributed by atoms with Crippen molar-refractivity contribution in [2.24, 2.45) is 0 Å². The summed E-state index contributed by atoms with van der Waals surface area (Å²) in [4.78, 5) is 0.374. The van der Waals surface area contributed by atoms with E-state index in [9.17, 15) is 8.42 Å². The lowest BCUT2D eigenvalue weighted by Gasteiger charge is -2.09. The molecule has 0 spiro atoms. The van der Waals surface area contributed by atoms with Crippen molar-refractivity contribution in [2.75, 3.05) is 17.6 Å². The quantitative estimate of drug-likeness (QED) is 0.784. The third-order valence-corrected chi connectivity index (χ3v) is 5.10. The maximum absolute atomic E-state index is 11.6. The van der Waals surface area contributed by atoms with E-state index >= 15 is 0 Å². The number of hydrogen-bond acceptors (Lipinski definition) is 3. The largest absolute Gasteiger partial charge is 0.385 e. The van der Waals surface area contributed by atoms with Crippen LogP contribution >= 0.6 is 11.6 Å². The maximum Gasteiger partial charge on any atom is 0.178 e. The van der Waals surface area contributed by atoms with Gasteiger partial charge < -0.3 is 5.32 Å². The Morgan fingerprint density at radius 1 is 1.22 bits per heavy atom. The normalized spacial score (nSPS) is 13.3. The third-order valence-electron chi connectivity index (χ3n) is 2.82. The molecule has 102 valence electrons. The predicted octanol–water partition coefficient (Wildman–Crippen LogP) is 3.30. The van der Waals surface area contributed by atoms with Gasteiger partial charge in [-0.1, -0.05) is 13.8 Å². The fourth-order valence-electron chi connectivity index (χ4n) is 1.52. The van der Waals surface area contributed by atoms with Gasteiger partial charge in [0, 0.05) is 17.6 Å². The van der Waals surface area contributed by atoms with E-state index in [-0.39, 0.29) is 11.1 Å². The molecule has 0 aliphatic rings. The summed E-state index contributed by atoms with van der Waals surface area (Å²) in [5.41, 5.74) is 0.921. The van der Waals surface area contributed by atoms with Crippen LogP contribution in [0.1, 0.15) is 26.7 Å². The van der Waals surface area contributed by atoms with E-state index in [2.05, 4.69) is 12.2 Å². The number of rotatable bonds is 7. The summed E-state index contributed by atoms with van der Waals surface area (Å²) in [6, 6.07) is 6.85. The Labute approximate surface area is 114 Å². The van der Waals surface area contributed by atoms with Crippen LogP contribution < -0.4 is 5.32 Å². The van der Waals surface area contributed by atoms with E-state index in [0.717, 1.165) is 25.1 Å². The highest BCUT2D eigenvalue weighted by Crippen LogP contribution is 2.15. The van der Waals surface area contributed by atoms with Crippen LogP contribution in [0.2, 0.25) is 0 Å². The number of nitrogens with one attached hydrogen (secondary N) is 1. The molecule has 0 saturated carbocycles.